The number of hydrogen-bond acceptors (Lipinski definition) is 3. The first-order valence-electron chi connectivity index (χ1n) is 9.17. The number of nitrogens with zero attached hydrogens (tertiary/aromatic N) is 2. The summed E-state index contributed by atoms with van der Waals surface area (Å²) in [6, 6.07) is 14.3. The summed E-state index contributed by atoms with van der Waals surface area (Å²) < 4.78 is 38.9. The predicted octanol–water partition coefficient (Wildman–Crippen LogP) is 4.88. The highest BCUT2D eigenvalue weighted by molar-refractivity contribution is 5.94. The van der Waals surface area contributed by atoms with E-state index in [4.69, 9.17) is 0 Å². The third kappa shape index (κ3) is 4.03. The first kappa shape index (κ1) is 19.6. The summed E-state index contributed by atoms with van der Waals surface area (Å²) in [6.45, 7) is 1.94. The van der Waals surface area contributed by atoms with Crippen molar-refractivity contribution in [3.05, 3.63) is 83.3 Å². The summed E-state index contributed by atoms with van der Waals surface area (Å²) in [5.41, 5.74) is 1.86. The van der Waals surface area contributed by atoms with Crippen molar-refractivity contribution in [2.24, 2.45) is 0 Å². The van der Waals surface area contributed by atoms with Crippen LogP contribution in [-0.2, 0) is 12.7 Å². The molecule has 0 saturated carbocycles. The van der Waals surface area contributed by atoms with E-state index in [-0.39, 0.29) is 23.6 Å². The summed E-state index contributed by atoms with van der Waals surface area (Å²) >= 11 is 0. The fourth-order valence-corrected chi connectivity index (χ4v) is 3.16. The number of amides is 1. The normalized spacial score (nSPS) is 11.6. The second-order valence-electron chi connectivity index (χ2n) is 6.85. The van der Waals surface area contributed by atoms with Crippen molar-refractivity contribution in [2.45, 2.75) is 19.6 Å². The number of aryl methyl sites for hydroxylation is 1. The average molecular weight is 410 g/mol. The molecule has 0 spiro atoms. The van der Waals surface area contributed by atoms with E-state index in [2.05, 4.69) is 20.3 Å². The summed E-state index contributed by atoms with van der Waals surface area (Å²) in [7, 11) is 0. The molecule has 4 aromatic rings. The number of alkyl halides is 3. The van der Waals surface area contributed by atoms with Gasteiger partial charge in [-0.2, -0.15) is 13.2 Å². The van der Waals surface area contributed by atoms with Crippen molar-refractivity contribution in [2.75, 3.05) is 0 Å². The second kappa shape index (κ2) is 7.62. The zero-order valence-corrected chi connectivity index (χ0v) is 15.9. The van der Waals surface area contributed by atoms with Gasteiger partial charge in [0, 0.05) is 29.4 Å². The number of benzene rings is 2. The largest absolute Gasteiger partial charge is 0.416 e. The van der Waals surface area contributed by atoms with E-state index in [1.807, 2.05) is 30.3 Å². The van der Waals surface area contributed by atoms with Gasteiger partial charge < -0.3 is 10.3 Å². The summed E-state index contributed by atoms with van der Waals surface area (Å²) in [5, 5.41) is 3.76. The molecule has 2 aromatic carbocycles. The molecule has 0 aliphatic rings. The molecule has 152 valence electrons. The lowest BCUT2D eigenvalue weighted by molar-refractivity contribution is -0.137. The fourth-order valence-electron chi connectivity index (χ4n) is 3.16. The number of carbonyl (C=O) groups excluding carboxylic acids is 1. The number of imidazole rings is 1. The van der Waals surface area contributed by atoms with Gasteiger partial charge >= 0.3 is 6.18 Å². The monoisotopic (exact) mass is 410 g/mol. The van der Waals surface area contributed by atoms with Crippen molar-refractivity contribution in [1.29, 1.82) is 0 Å². The topological polar surface area (TPSA) is 70.7 Å². The number of hydrogen-bond donors (Lipinski definition) is 2. The Labute approximate surface area is 170 Å². The number of nitrogens with one attached hydrogen (secondary N) is 2. The van der Waals surface area contributed by atoms with Crippen LogP contribution in [0, 0.1) is 6.92 Å². The SMILES string of the molecule is Cc1[nH]c(-c2cccc(C(F)(F)F)c2)nc1C(=O)NCc1ccc2ncccc2c1. The molecule has 5 nitrogen and oxygen atoms in total. The van der Waals surface area contributed by atoms with Crippen molar-refractivity contribution in [1.82, 2.24) is 20.3 Å². The minimum absolute atomic E-state index is 0.143. The van der Waals surface area contributed by atoms with Crippen molar-refractivity contribution < 1.29 is 18.0 Å². The molecule has 2 heterocycles. The first-order chi connectivity index (χ1) is 14.3. The number of fused-ring (bicyclic) bond motifs is 1. The molecule has 4 rings (SSSR count). The lowest BCUT2D eigenvalue weighted by Crippen LogP contribution is -2.23. The smallest absolute Gasteiger partial charge is 0.347 e. The minimum atomic E-state index is -4.45. The van der Waals surface area contributed by atoms with Crippen LogP contribution in [0.5, 0.6) is 0 Å². The van der Waals surface area contributed by atoms with Crippen LogP contribution in [0.4, 0.5) is 13.2 Å². The zero-order chi connectivity index (χ0) is 21.3. The Morgan fingerprint density at radius 1 is 1.10 bits per heavy atom. The predicted molar refractivity (Wildman–Crippen MR) is 107 cm³/mol. The van der Waals surface area contributed by atoms with Crippen LogP contribution in [0.15, 0.2) is 60.8 Å². The molecular weight excluding hydrogens is 393 g/mol. The lowest BCUT2D eigenvalue weighted by atomic mass is 10.1. The molecule has 0 radical (unpaired) electrons. The molecule has 0 aliphatic heterocycles. The van der Waals surface area contributed by atoms with E-state index in [0.29, 0.717) is 5.69 Å². The number of rotatable bonds is 4. The number of H-pyrrole nitrogens is 1. The lowest BCUT2D eigenvalue weighted by Gasteiger charge is -2.07. The van der Waals surface area contributed by atoms with E-state index in [1.165, 1.54) is 12.1 Å². The van der Waals surface area contributed by atoms with Gasteiger partial charge in [-0.1, -0.05) is 24.3 Å². The van der Waals surface area contributed by atoms with E-state index >= 15 is 0 Å². The highest BCUT2D eigenvalue weighted by Crippen LogP contribution is 2.31. The molecule has 2 N–H and O–H groups in total. The number of halogens is 3. The average Bonchev–Trinajstić information content (AvgIpc) is 3.13. The maximum atomic E-state index is 13.0. The number of aromatic nitrogens is 3. The molecule has 30 heavy (non-hydrogen) atoms. The maximum Gasteiger partial charge on any atom is 0.416 e. The molecule has 0 saturated heterocycles. The van der Waals surface area contributed by atoms with Gasteiger partial charge in [-0.3, -0.25) is 9.78 Å². The Bertz CT molecular complexity index is 1230. The van der Waals surface area contributed by atoms with E-state index in [1.54, 1.807) is 13.1 Å². The molecule has 1 amide bonds. The second-order valence-corrected chi connectivity index (χ2v) is 6.85. The Hall–Kier alpha value is -3.68. The van der Waals surface area contributed by atoms with Crippen LogP contribution in [0.2, 0.25) is 0 Å². The molecule has 0 aliphatic carbocycles. The number of carbonyl (C=O) groups is 1. The van der Waals surface area contributed by atoms with Gasteiger partial charge in [0.25, 0.3) is 5.91 Å². The first-order valence-corrected chi connectivity index (χ1v) is 9.17. The van der Waals surface area contributed by atoms with Crippen molar-refractivity contribution >= 4 is 16.8 Å². The zero-order valence-electron chi connectivity index (χ0n) is 15.9. The van der Waals surface area contributed by atoms with Gasteiger partial charge in [0.05, 0.1) is 11.1 Å². The van der Waals surface area contributed by atoms with Crippen LogP contribution in [0.1, 0.15) is 27.3 Å². The molecule has 0 bridgehead atoms. The highest BCUT2D eigenvalue weighted by Gasteiger charge is 2.30. The summed E-state index contributed by atoms with van der Waals surface area (Å²) in [5.74, 6) is -0.200. The van der Waals surface area contributed by atoms with Gasteiger partial charge in [0.15, 0.2) is 0 Å². The summed E-state index contributed by atoms with van der Waals surface area (Å²) in [4.78, 5) is 24.0. The quantitative estimate of drug-likeness (QED) is 0.504. The molecule has 8 heteroatoms. The standard InChI is InChI=1S/C22H17F3N4O/c1-13-19(29-20(28-13)16-4-2-6-17(11-16)22(23,24)25)21(30)27-12-14-7-8-18-15(10-14)5-3-9-26-18/h2-11H,12H2,1H3,(H,27,30)(H,28,29). The van der Waals surface area contributed by atoms with Gasteiger partial charge in [0.2, 0.25) is 0 Å². The highest BCUT2D eigenvalue weighted by atomic mass is 19.4. The Kier molecular flexibility index (Phi) is 4.99. The van der Waals surface area contributed by atoms with E-state index in [0.717, 1.165) is 28.6 Å². The Balaban J connectivity index is 1.52. The summed E-state index contributed by atoms with van der Waals surface area (Å²) in [6.07, 6.45) is -2.74. The van der Waals surface area contributed by atoms with E-state index in [9.17, 15) is 18.0 Å². The van der Waals surface area contributed by atoms with Gasteiger partial charge in [-0.25, -0.2) is 4.98 Å². The van der Waals surface area contributed by atoms with Crippen molar-refractivity contribution in [3.63, 3.8) is 0 Å². The number of pyridine rings is 1. The van der Waals surface area contributed by atoms with Gasteiger partial charge in [-0.05, 0) is 42.8 Å². The molecule has 2 aromatic heterocycles. The molecule has 0 atom stereocenters. The molecule has 0 fully saturated rings. The van der Waals surface area contributed by atoms with Crippen LogP contribution < -0.4 is 5.32 Å². The van der Waals surface area contributed by atoms with E-state index < -0.39 is 17.6 Å². The maximum absolute atomic E-state index is 13.0. The van der Waals surface area contributed by atoms with Gasteiger partial charge in [-0.15, -0.1) is 0 Å². The van der Waals surface area contributed by atoms with Crippen LogP contribution in [0.25, 0.3) is 22.3 Å². The van der Waals surface area contributed by atoms with Crippen LogP contribution in [-0.4, -0.2) is 20.9 Å². The minimum Gasteiger partial charge on any atom is -0.347 e. The van der Waals surface area contributed by atoms with Crippen molar-refractivity contribution in [3.8, 4) is 11.4 Å². The third-order valence-electron chi connectivity index (χ3n) is 4.68. The van der Waals surface area contributed by atoms with Crippen LogP contribution in [0.3, 0.4) is 0 Å². The molecular formula is C22H17F3N4O. The van der Waals surface area contributed by atoms with Crippen LogP contribution >= 0.6 is 0 Å². The Morgan fingerprint density at radius 3 is 2.73 bits per heavy atom. The fraction of sp³-hybridized carbons (Fsp3) is 0.136. The number of aromatic amines is 1. The van der Waals surface area contributed by atoms with Gasteiger partial charge in [0.1, 0.15) is 11.5 Å². The third-order valence-corrected chi connectivity index (χ3v) is 4.68. The molecule has 0 unspecified atom stereocenters. The Morgan fingerprint density at radius 2 is 1.93 bits per heavy atom.